The van der Waals surface area contributed by atoms with E-state index in [0.29, 0.717) is 6.02 Å². The molecule has 2 aliphatic rings. The molecule has 2 rings (SSSR count). The van der Waals surface area contributed by atoms with Gasteiger partial charge in [-0.2, -0.15) is 0 Å². The zero-order chi connectivity index (χ0) is 7.84. The maximum Gasteiger partial charge on any atom is 0.287 e. The Hall–Kier alpha value is -0.990. The van der Waals surface area contributed by atoms with Gasteiger partial charge in [-0.15, -0.1) is 0 Å². The summed E-state index contributed by atoms with van der Waals surface area (Å²) in [4.78, 5) is 4.14. The van der Waals surface area contributed by atoms with Crippen molar-refractivity contribution in [2.24, 2.45) is 10.7 Å². The summed E-state index contributed by atoms with van der Waals surface area (Å²) in [6.45, 7) is 2.07. The van der Waals surface area contributed by atoms with Gasteiger partial charge in [0.25, 0.3) is 6.02 Å². The first-order valence-electron chi connectivity index (χ1n) is 4.00. The molecule has 2 N–H and O–H groups in total. The van der Waals surface area contributed by atoms with Crippen LogP contribution in [0.4, 0.5) is 0 Å². The SMILES string of the molecule is CC1N=C(N)OC2=C1CCC2. The lowest BCUT2D eigenvalue weighted by atomic mass is 10.1. The van der Waals surface area contributed by atoms with Crippen molar-refractivity contribution >= 4 is 6.02 Å². The van der Waals surface area contributed by atoms with E-state index in [2.05, 4.69) is 11.9 Å². The summed E-state index contributed by atoms with van der Waals surface area (Å²) in [5, 5.41) is 0. The molecule has 0 spiro atoms. The largest absolute Gasteiger partial charge is 0.431 e. The molecule has 0 bridgehead atoms. The normalized spacial score (nSPS) is 29.5. The van der Waals surface area contributed by atoms with Crippen molar-refractivity contribution in [3.05, 3.63) is 11.3 Å². The third kappa shape index (κ3) is 1.00. The van der Waals surface area contributed by atoms with Gasteiger partial charge in [0.1, 0.15) is 5.76 Å². The summed E-state index contributed by atoms with van der Waals surface area (Å²) in [6, 6.07) is 0.583. The average Bonchev–Trinajstić information content (AvgIpc) is 2.34. The standard InChI is InChI=1S/C8H12N2O/c1-5-6-3-2-4-7(6)11-8(9)10-5/h5H,2-4H2,1H3,(H2,9,10). The fraction of sp³-hybridized carbons (Fsp3) is 0.625. The van der Waals surface area contributed by atoms with Gasteiger partial charge in [0.15, 0.2) is 0 Å². The topological polar surface area (TPSA) is 47.6 Å². The first-order chi connectivity index (χ1) is 5.27. The zero-order valence-electron chi connectivity index (χ0n) is 6.63. The molecule has 3 nitrogen and oxygen atoms in total. The lowest BCUT2D eigenvalue weighted by molar-refractivity contribution is 0.373. The van der Waals surface area contributed by atoms with Crippen LogP contribution in [0, 0.1) is 0 Å². The van der Waals surface area contributed by atoms with E-state index < -0.39 is 0 Å². The molecule has 1 unspecified atom stereocenters. The van der Waals surface area contributed by atoms with E-state index in [-0.39, 0.29) is 6.04 Å². The van der Waals surface area contributed by atoms with E-state index in [0.717, 1.165) is 18.6 Å². The molecule has 3 heteroatoms. The zero-order valence-corrected chi connectivity index (χ0v) is 6.63. The number of ether oxygens (including phenoxy) is 1. The maximum absolute atomic E-state index is 5.47. The van der Waals surface area contributed by atoms with E-state index in [4.69, 9.17) is 10.5 Å². The Labute approximate surface area is 65.9 Å². The van der Waals surface area contributed by atoms with Crippen LogP contribution in [0.3, 0.4) is 0 Å². The highest BCUT2D eigenvalue weighted by molar-refractivity contribution is 5.74. The van der Waals surface area contributed by atoms with E-state index in [1.165, 1.54) is 12.0 Å². The quantitative estimate of drug-likeness (QED) is 0.566. The number of rotatable bonds is 0. The number of nitrogens with zero attached hydrogens (tertiary/aromatic N) is 1. The van der Waals surface area contributed by atoms with Crippen LogP contribution in [0.25, 0.3) is 0 Å². The van der Waals surface area contributed by atoms with Gasteiger partial charge in [0.2, 0.25) is 0 Å². The van der Waals surface area contributed by atoms with Crippen molar-refractivity contribution in [1.29, 1.82) is 0 Å². The first-order valence-corrected chi connectivity index (χ1v) is 4.00. The Morgan fingerprint density at radius 1 is 1.55 bits per heavy atom. The Bertz CT molecular complexity index is 242. The van der Waals surface area contributed by atoms with Crippen LogP contribution in [-0.4, -0.2) is 12.1 Å². The number of hydrogen-bond acceptors (Lipinski definition) is 3. The molecule has 0 fully saturated rings. The molecule has 11 heavy (non-hydrogen) atoms. The maximum atomic E-state index is 5.47. The number of allylic oxidation sites excluding steroid dienone is 1. The number of aliphatic imine (C=N–C) groups is 1. The lowest BCUT2D eigenvalue weighted by Gasteiger charge is -2.17. The van der Waals surface area contributed by atoms with E-state index in [1.807, 2.05) is 0 Å². The second-order valence-electron chi connectivity index (χ2n) is 3.05. The van der Waals surface area contributed by atoms with Gasteiger partial charge in [0, 0.05) is 6.42 Å². The van der Waals surface area contributed by atoms with Crippen molar-refractivity contribution in [3.8, 4) is 0 Å². The van der Waals surface area contributed by atoms with Gasteiger partial charge >= 0.3 is 0 Å². The number of nitrogens with two attached hydrogens (primary N) is 1. The van der Waals surface area contributed by atoms with Crippen LogP contribution in [0.5, 0.6) is 0 Å². The predicted molar refractivity (Wildman–Crippen MR) is 43.0 cm³/mol. The molecule has 0 amide bonds. The Morgan fingerprint density at radius 2 is 2.36 bits per heavy atom. The van der Waals surface area contributed by atoms with Gasteiger partial charge in [-0.3, -0.25) is 0 Å². The smallest absolute Gasteiger partial charge is 0.287 e. The Kier molecular flexibility index (Phi) is 1.37. The van der Waals surface area contributed by atoms with Crippen molar-refractivity contribution < 1.29 is 4.74 Å². The summed E-state index contributed by atoms with van der Waals surface area (Å²) < 4.78 is 5.29. The van der Waals surface area contributed by atoms with Gasteiger partial charge < -0.3 is 10.5 Å². The Morgan fingerprint density at radius 3 is 3.18 bits per heavy atom. The molecule has 0 saturated heterocycles. The monoisotopic (exact) mass is 152 g/mol. The van der Waals surface area contributed by atoms with Gasteiger partial charge in [0.05, 0.1) is 6.04 Å². The minimum absolute atomic E-state index is 0.251. The van der Waals surface area contributed by atoms with Gasteiger partial charge in [-0.05, 0) is 25.3 Å². The van der Waals surface area contributed by atoms with Crippen molar-refractivity contribution in [3.63, 3.8) is 0 Å². The summed E-state index contributed by atoms with van der Waals surface area (Å²) in [5.41, 5.74) is 6.82. The van der Waals surface area contributed by atoms with Crippen LogP contribution >= 0.6 is 0 Å². The van der Waals surface area contributed by atoms with Crippen LogP contribution in [-0.2, 0) is 4.74 Å². The highest BCUT2D eigenvalue weighted by atomic mass is 16.5. The number of amidine groups is 1. The molecule has 0 radical (unpaired) electrons. The van der Waals surface area contributed by atoms with Crippen molar-refractivity contribution in [2.75, 3.05) is 0 Å². The Balaban J connectivity index is 2.27. The van der Waals surface area contributed by atoms with Crippen LogP contribution in [0.1, 0.15) is 26.2 Å². The molecule has 60 valence electrons. The molecule has 0 aromatic heterocycles. The highest BCUT2D eigenvalue weighted by Crippen LogP contribution is 2.32. The minimum Gasteiger partial charge on any atom is -0.431 e. The molecular formula is C8H12N2O. The third-order valence-electron chi connectivity index (χ3n) is 2.26. The molecular weight excluding hydrogens is 140 g/mol. The van der Waals surface area contributed by atoms with Crippen molar-refractivity contribution in [2.45, 2.75) is 32.2 Å². The average molecular weight is 152 g/mol. The van der Waals surface area contributed by atoms with Gasteiger partial charge in [-0.25, -0.2) is 4.99 Å². The van der Waals surface area contributed by atoms with Crippen LogP contribution in [0.15, 0.2) is 16.3 Å². The molecule has 1 aliphatic heterocycles. The minimum atomic E-state index is 0.251. The lowest BCUT2D eigenvalue weighted by Crippen LogP contribution is -2.24. The van der Waals surface area contributed by atoms with Gasteiger partial charge in [-0.1, -0.05) is 0 Å². The highest BCUT2D eigenvalue weighted by Gasteiger charge is 2.25. The predicted octanol–water partition coefficient (Wildman–Crippen LogP) is 1.16. The summed E-state index contributed by atoms with van der Waals surface area (Å²) in [6.07, 6.45) is 3.36. The summed E-state index contributed by atoms with van der Waals surface area (Å²) in [5.74, 6) is 1.07. The fourth-order valence-electron chi connectivity index (χ4n) is 1.72. The molecule has 1 aliphatic carbocycles. The number of hydrogen-bond donors (Lipinski definition) is 1. The first kappa shape index (κ1) is 6.70. The summed E-state index contributed by atoms with van der Waals surface area (Å²) in [7, 11) is 0. The molecule has 1 atom stereocenters. The van der Waals surface area contributed by atoms with Crippen molar-refractivity contribution in [1.82, 2.24) is 0 Å². The fourth-order valence-corrected chi connectivity index (χ4v) is 1.72. The van der Waals surface area contributed by atoms with E-state index >= 15 is 0 Å². The second kappa shape index (κ2) is 2.26. The molecule has 1 heterocycles. The van der Waals surface area contributed by atoms with E-state index in [9.17, 15) is 0 Å². The van der Waals surface area contributed by atoms with Crippen LogP contribution < -0.4 is 5.73 Å². The molecule has 0 saturated carbocycles. The summed E-state index contributed by atoms with van der Waals surface area (Å²) >= 11 is 0. The molecule has 0 aromatic rings. The van der Waals surface area contributed by atoms with E-state index in [1.54, 1.807) is 0 Å². The molecule has 0 aromatic carbocycles. The van der Waals surface area contributed by atoms with Crippen LogP contribution in [0.2, 0.25) is 0 Å². The third-order valence-corrected chi connectivity index (χ3v) is 2.26. The second-order valence-corrected chi connectivity index (χ2v) is 3.05.